The molecule has 2 nitrogen and oxygen atoms in total. The molecule has 0 aliphatic heterocycles. The van der Waals surface area contributed by atoms with Crippen LogP contribution in [-0.4, -0.2) is 13.1 Å². The minimum atomic E-state index is -0.314. The third-order valence-corrected chi connectivity index (χ3v) is 3.91. The third kappa shape index (κ3) is 3.32. The van der Waals surface area contributed by atoms with E-state index in [2.05, 4.69) is 55.5 Å². The van der Waals surface area contributed by atoms with Crippen molar-refractivity contribution in [2.45, 2.75) is 6.92 Å². The first-order chi connectivity index (χ1) is 11.2. The van der Waals surface area contributed by atoms with Gasteiger partial charge in [-0.25, -0.2) is 4.79 Å². The standard InChI is InChI=1S/C21H18O2/c1-15-3-5-16(6-4-15)17-7-9-18(10-8-17)19-11-13-20(14-12-19)21(22)23-2/h3-14H,1-2H3. The highest BCUT2D eigenvalue weighted by atomic mass is 16.5. The van der Waals surface area contributed by atoms with Crippen molar-refractivity contribution in [2.75, 3.05) is 7.11 Å². The van der Waals surface area contributed by atoms with Gasteiger partial charge in [0.1, 0.15) is 0 Å². The minimum Gasteiger partial charge on any atom is -0.465 e. The van der Waals surface area contributed by atoms with E-state index in [0.29, 0.717) is 5.56 Å². The molecule has 0 unspecified atom stereocenters. The number of rotatable bonds is 3. The average molecular weight is 302 g/mol. The fourth-order valence-electron chi connectivity index (χ4n) is 2.52. The first kappa shape index (κ1) is 15.0. The Labute approximate surface area is 136 Å². The summed E-state index contributed by atoms with van der Waals surface area (Å²) in [4.78, 5) is 11.5. The van der Waals surface area contributed by atoms with Crippen molar-refractivity contribution in [2.24, 2.45) is 0 Å². The third-order valence-electron chi connectivity index (χ3n) is 3.91. The number of esters is 1. The van der Waals surface area contributed by atoms with E-state index in [4.69, 9.17) is 4.74 Å². The predicted molar refractivity (Wildman–Crippen MR) is 93.4 cm³/mol. The number of ether oxygens (including phenoxy) is 1. The monoisotopic (exact) mass is 302 g/mol. The summed E-state index contributed by atoms with van der Waals surface area (Å²) in [5.41, 5.74) is 6.43. The summed E-state index contributed by atoms with van der Waals surface area (Å²) in [7, 11) is 1.39. The van der Waals surface area contributed by atoms with E-state index >= 15 is 0 Å². The van der Waals surface area contributed by atoms with Gasteiger partial charge in [0.05, 0.1) is 12.7 Å². The van der Waals surface area contributed by atoms with Crippen molar-refractivity contribution in [3.63, 3.8) is 0 Å². The zero-order valence-electron chi connectivity index (χ0n) is 13.2. The maximum absolute atomic E-state index is 11.5. The highest BCUT2D eigenvalue weighted by molar-refractivity contribution is 5.90. The number of carbonyl (C=O) groups is 1. The molecule has 0 N–H and O–H groups in total. The van der Waals surface area contributed by atoms with Gasteiger partial charge in [-0.2, -0.15) is 0 Å². The Balaban J connectivity index is 1.84. The van der Waals surface area contributed by atoms with Gasteiger partial charge in [-0.1, -0.05) is 66.2 Å². The van der Waals surface area contributed by atoms with Crippen LogP contribution < -0.4 is 0 Å². The molecule has 2 heteroatoms. The second-order valence-electron chi connectivity index (χ2n) is 5.51. The summed E-state index contributed by atoms with van der Waals surface area (Å²) in [6.45, 7) is 2.09. The van der Waals surface area contributed by atoms with Gasteiger partial charge in [0, 0.05) is 0 Å². The Morgan fingerprint density at radius 2 is 1.00 bits per heavy atom. The molecule has 0 atom stereocenters. The fourth-order valence-corrected chi connectivity index (χ4v) is 2.52. The first-order valence-corrected chi connectivity index (χ1v) is 7.53. The summed E-state index contributed by atoms with van der Waals surface area (Å²) < 4.78 is 4.72. The van der Waals surface area contributed by atoms with E-state index < -0.39 is 0 Å². The molecular formula is C21H18O2. The lowest BCUT2D eigenvalue weighted by Gasteiger charge is -2.06. The molecule has 3 aromatic carbocycles. The van der Waals surface area contributed by atoms with Crippen LogP contribution in [-0.2, 0) is 4.74 Å². The van der Waals surface area contributed by atoms with Gasteiger partial charge in [-0.15, -0.1) is 0 Å². The van der Waals surface area contributed by atoms with Crippen molar-refractivity contribution >= 4 is 5.97 Å². The molecule has 0 aliphatic carbocycles. The first-order valence-electron chi connectivity index (χ1n) is 7.53. The lowest BCUT2D eigenvalue weighted by molar-refractivity contribution is 0.0601. The zero-order chi connectivity index (χ0) is 16.2. The second-order valence-corrected chi connectivity index (χ2v) is 5.51. The lowest BCUT2D eigenvalue weighted by atomic mass is 9.99. The molecule has 0 saturated carbocycles. The van der Waals surface area contributed by atoms with Gasteiger partial charge < -0.3 is 4.74 Å². The fraction of sp³-hybridized carbons (Fsp3) is 0.0952. The number of benzene rings is 3. The Morgan fingerprint density at radius 1 is 0.652 bits per heavy atom. The van der Waals surface area contributed by atoms with E-state index in [9.17, 15) is 4.79 Å². The molecule has 0 radical (unpaired) electrons. The maximum Gasteiger partial charge on any atom is 0.337 e. The van der Waals surface area contributed by atoms with Crippen LogP contribution >= 0.6 is 0 Å². The average Bonchev–Trinajstić information content (AvgIpc) is 2.62. The Hall–Kier alpha value is -2.87. The van der Waals surface area contributed by atoms with Crippen molar-refractivity contribution in [3.05, 3.63) is 83.9 Å². The lowest BCUT2D eigenvalue weighted by Crippen LogP contribution is -2.00. The van der Waals surface area contributed by atoms with E-state index in [1.54, 1.807) is 12.1 Å². The molecule has 3 aromatic rings. The molecular weight excluding hydrogens is 284 g/mol. The van der Waals surface area contributed by atoms with Crippen molar-refractivity contribution in [1.82, 2.24) is 0 Å². The van der Waals surface area contributed by atoms with Gasteiger partial charge >= 0.3 is 5.97 Å². The number of hydrogen-bond acceptors (Lipinski definition) is 2. The van der Waals surface area contributed by atoms with Crippen LogP contribution in [0.3, 0.4) is 0 Å². The number of methoxy groups -OCH3 is 1. The Kier molecular flexibility index (Phi) is 4.24. The van der Waals surface area contributed by atoms with Crippen LogP contribution in [0.4, 0.5) is 0 Å². The second kappa shape index (κ2) is 6.49. The highest BCUT2D eigenvalue weighted by Crippen LogP contribution is 2.25. The molecule has 3 rings (SSSR count). The predicted octanol–water partition coefficient (Wildman–Crippen LogP) is 5.12. The quantitative estimate of drug-likeness (QED) is 0.628. The van der Waals surface area contributed by atoms with Gasteiger partial charge in [0.2, 0.25) is 0 Å². The molecule has 0 heterocycles. The molecule has 0 saturated heterocycles. The van der Waals surface area contributed by atoms with E-state index in [1.807, 2.05) is 12.1 Å². The molecule has 0 spiro atoms. The Bertz CT molecular complexity index is 798. The molecule has 0 aliphatic rings. The SMILES string of the molecule is COC(=O)c1ccc(-c2ccc(-c3ccc(C)cc3)cc2)cc1. The number of carbonyl (C=O) groups excluding carboxylic acids is 1. The summed E-state index contributed by atoms with van der Waals surface area (Å²) in [6.07, 6.45) is 0. The normalized spacial score (nSPS) is 10.3. The van der Waals surface area contributed by atoms with Crippen molar-refractivity contribution < 1.29 is 9.53 Å². The van der Waals surface area contributed by atoms with Gasteiger partial charge in [-0.05, 0) is 41.3 Å². The molecule has 114 valence electrons. The molecule has 23 heavy (non-hydrogen) atoms. The summed E-state index contributed by atoms with van der Waals surface area (Å²) in [6, 6.07) is 24.4. The van der Waals surface area contributed by atoms with Crippen molar-refractivity contribution in [3.8, 4) is 22.3 Å². The van der Waals surface area contributed by atoms with E-state index in [-0.39, 0.29) is 5.97 Å². The van der Waals surface area contributed by atoms with Gasteiger partial charge in [-0.3, -0.25) is 0 Å². The van der Waals surface area contributed by atoms with Crippen LogP contribution in [0.25, 0.3) is 22.3 Å². The van der Waals surface area contributed by atoms with E-state index in [1.165, 1.54) is 23.8 Å². The van der Waals surface area contributed by atoms with Crippen LogP contribution in [0.15, 0.2) is 72.8 Å². The maximum atomic E-state index is 11.5. The summed E-state index contributed by atoms with van der Waals surface area (Å²) in [5.74, 6) is -0.314. The van der Waals surface area contributed by atoms with E-state index in [0.717, 1.165) is 11.1 Å². The summed E-state index contributed by atoms with van der Waals surface area (Å²) >= 11 is 0. The highest BCUT2D eigenvalue weighted by Gasteiger charge is 2.05. The van der Waals surface area contributed by atoms with Crippen LogP contribution in [0.2, 0.25) is 0 Å². The molecule has 0 fully saturated rings. The number of hydrogen-bond donors (Lipinski definition) is 0. The molecule has 0 bridgehead atoms. The summed E-state index contributed by atoms with van der Waals surface area (Å²) in [5, 5.41) is 0. The van der Waals surface area contributed by atoms with Gasteiger partial charge in [0.25, 0.3) is 0 Å². The topological polar surface area (TPSA) is 26.3 Å². The molecule has 0 amide bonds. The van der Waals surface area contributed by atoms with Gasteiger partial charge in [0.15, 0.2) is 0 Å². The Morgan fingerprint density at radius 3 is 1.39 bits per heavy atom. The minimum absolute atomic E-state index is 0.314. The number of aryl methyl sites for hydroxylation is 1. The largest absolute Gasteiger partial charge is 0.465 e. The zero-order valence-corrected chi connectivity index (χ0v) is 13.2. The van der Waals surface area contributed by atoms with Crippen molar-refractivity contribution in [1.29, 1.82) is 0 Å². The smallest absolute Gasteiger partial charge is 0.337 e. The van der Waals surface area contributed by atoms with Crippen LogP contribution in [0.1, 0.15) is 15.9 Å². The molecule has 0 aromatic heterocycles. The van der Waals surface area contributed by atoms with Crippen LogP contribution in [0.5, 0.6) is 0 Å². The van der Waals surface area contributed by atoms with Crippen LogP contribution in [0, 0.1) is 6.92 Å².